The molecule has 0 amide bonds. The first-order valence-electron chi connectivity index (χ1n) is 4.75. The van der Waals surface area contributed by atoms with Crippen LogP contribution in [0.3, 0.4) is 0 Å². The number of aromatic nitrogens is 2. The van der Waals surface area contributed by atoms with Crippen LogP contribution in [0.2, 0.25) is 0 Å². The topological polar surface area (TPSA) is 43.8 Å². The lowest BCUT2D eigenvalue weighted by molar-refractivity contribution is 0.448. The van der Waals surface area contributed by atoms with E-state index in [1.165, 1.54) is 31.4 Å². The Hall–Kier alpha value is -0.100. The molecule has 2 N–H and O–H groups in total. The van der Waals surface area contributed by atoms with Gasteiger partial charge >= 0.3 is 0 Å². The second-order valence-electron chi connectivity index (χ2n) is 3.55. The van der Waals surface area contributed by atoms with E-state index in [0.29, 0.717) is 12.6 Å². The lowest BCUT2D eigenvalue weighted by Crippen LogP contribution is -2.13. The number of hydrogen-bond acceptors (Lipinski definition) is 2. The van der Waals surface area contributed by atoms with Crippen LogP contribution in [0.4, 0.5) is 0 Å². The summed E-state index contributed by atoms with van der Waals surface area (Å²) in [7, 11) is 0. The van der Waals surface area contributed by atoms with Gasteiger partial charge < -0.3 is 5.73 Å². The molecule has 1 aliphatic carbocycles. The van der Waals surface area contributed by atoms with Gasteiger partial charge in [0.05, 0.1) is 11.7 Å². The van der Waals surface area contributed by atoms with Crippen molar-refractivity contribution in [3.05, 3.63) is 15.5 Å². The third-order valence-electron chi connectivity index (χ3n) is 2.66. The van der Waals surface area contributed by atoms with Crippen molar-refractivity contribution in [2.24, 2.45) is 5.73 Å². The first kappa shape index (κ1) is 9.45. The molecule has 1 aliphatic rings. The molecule has 0 aromatic carbocycles. The third-order valence-corrected chi connectivity index (χ3v) is 3.19. The summed E-state index contributed by atoms with van der Waals surface area (Å²) in [6.07, 6.45) is 5.21. The first-order chi connectivity index (χ1) is 6.31. The van der Waals surface area contributed by atoms with Gasteiger partial charge in [0.2, 0.25) is 0 Å². The Bertz CT molecular complexity index is 289. The molecule has 13 heavy (non-hydrogen) atoms. The number of nitrogens with zero attached hydrogens (tertiary/aromatic N) is 2. The van der Waals surface area contributed by atoms with Crippen LogP contribution in [0.1, 0.15) is 37.4 Å². The Morgan fingerprint density at radius 2 is 2.23 bits per heavy atom. The average Bonchev–Trinajstić information content (AvgIpc) is 2.71. The van der Waals surface area contributed by atoms with E-state index < -0.39 is 0 Å². The van der Waals surface area contributed by atoms with Crippen molar-refractivity contribution < 1.29 is 0 Å². The number of nitrogens with two attached hydrogens (primary N) is 1. The van der Waals surface area contributed by atoms with Crippen LogP contribution in [0, 0.1) is 3.70 Å². The summed E-state index contributed by atoms with van der Waals surface area (Å²) in [6, 6.07) is 2.70. The molecule has 0 radical (unpaired) electrons. The molecule has 0 spiro atoms. The molecule has 0 aliphatic heterocycles. The maximum Gasteiger partial charge on any atom is 0.123 e. The fourth-order valence-electron chi connectivity index (χ4n) is 2.02. The standard InChI is InChI=1S/C9H14IN3/c10-9-5-8(6-11)13(12-9)7-3-1-2-4-7/h5,7H,1-4,6,11H2. The summed E-state index contributed by atoms with van der Waals surface area (Å²) >= 11 is 2.25. The van der Waals surface area contributed by atoms with Crippen molar-refractivity contribution in [3.8, 4) is 0 Å². The lowest BCUT2D eigenvalue weighted by Gasteiger charge is -2.12. The van der Waals surface area contributed by atoms with Crippen LogP contribution in [-0.2, 0) is 6.54 Å². The lowest BCUT2D eigenvalue weighted by atomic mass is 10.2. The molecule has 1 saturated carbocycles. The Balaban J connectivity index is 2.26. The van der Waals surface area contributed by atoms with Gasteiger partial charge in [0.25, 0.3) is 0 Å². The maximum atomic E-state index is 5.67. The van der Waals surface area contributed by atoms with Crippen molar-refractivity contribution in [3.63, 3.8) is 0 Å². The van der Waals surface area contributed by atoms with E-state index in [-0.39, 0.29) is 0 Å². The van der Waals surface area contributed by atoms with E-state index in [2.05, 4.69) is 38.4 Å². The van der Waals surface area contributed by atoms with E-state index in [1.807, 2.05) is 0 Å². The van der Waals surface area contributed by atoms with Gasteiger partial charge in [-0.1, -0.05) is 12.8 Å². The van der Waals surface area contributed by atoms with Gasteiger partial charge in [0, 0.05) is 6.54 Å². The van der Waals surface area contributed by atoms with Gasteiger partial charge in [-0.25, -0.2) is 0 Å². The van der Waals surface area contributed by atoms with Crippen LogP contribution in [0.15, 0.2) is 6.07 Å². The van der Waals surface area contributed by atoms with E-state index in [9.17, 15) is 0 Å². The van der Waals surface area contributed by atoms with Gasteiger partial charge in [-0.15, -0.1) is 0 Å². The van der Waals surface area contributed by atoms with Gasteiger partial charge in [-0.05, 0) is 41.5 Å². The molecule has 3 nitrogen and oxygen atoms in total. The summed E-state index contributed by atoms with van der Waals surface area (Å²) in [5.41, 5.74) is 6.84. The zero-order chi connectivity index (χ0) is 9.26. The highest BCUT2D eigenvalue weighted by molar-refractivity contribution is 14.1. The zero-order valence-electron chi connectivity index (χ0n) is 7.54. The van der Waals surface area contributed by atoms with E-state index >= 15 is 0 Å². The molecule has 1 aromatic rings. The predicted octanol–water partition coefficient (Wildman–Crippen LogP) is 2.06. The van der Waals surface area contributed by atoms with Gasteiger partial charge in [0.1, 0.15) is 3.70 Å². The van der Waals surface area contributed by atoms with Crippen molar-refractivity contribution in [1.82, 2.24) is 9.78 Å². The Morgan fingerprint density at radius 3 is 2.85 bits per heavy atom. The highest BCUT2D eigenvalue weighted by Crippen LogP contribution is 2.30. The first-order valence-corrected chi connectivity index (χ1v) is 5.83. The molecule has 4 heteroatoms. The molecule has 1 fully saturated rings. The van der Waals surface area contributed by atoms with E-state index in [0.717, 1.165) is 3.70 Å². The molecule has 0 saturated heterocycles. The molecule has 0 atom stereocenters. The van der Waals surface area contributed by atoms with Crippen LogP contribution < -0.4 is 5.73 Å². The fourth-order valence-corrected chi connectivity index (χ4v) is 2.61. The molecule has 0 bridgehead atoms. The summed E-state index contributed by atoms with van der Waals surface area (Å²) in [6.45, 7) is 0.604. The van der Waals surface area contributed by atoms with E-state index in [4.69, 9.17) is 5.73 Å². The van der Waals surface area contributed by atoms with Crippen LogP contribution >= 0.6 is 22.6 Å². The van der Waals surface area contributed by atoms with Gasteiger partial charge in [0.15, 0.2) is 0 Å². The quantitative estimate of drug-likeness (QED) is 0.848. The van der Waals surface area contributed by atoms with Crippen molar-refractivity contribution in [2.45, 2.75) is 38.3 Å². The van der Waals surface area contributed by atoms with Crippen LogP contribution in [-0.4, -0.2) is 9.78 Å². The second kappa shape index (κ2) is 3.96. The minimum Gasteiger partial charge on any atom is -0.325 e. The van der Waals surface area contributed by atoms with Crippen LogP contribution in [0.25, 0.3) is 0 Å². The summed E-state index contributed by atoms with van der Waals surface area (Å²) in [4.78, 5) is 0. The zero-order valence-corrected chi connectivity index (χ0v) is 9.70. The molecule has 0 unspecified atom stereocenters. The number of rotatable bonds is 2. The molecule has 1 aromatic heterocycles. The van der Waals surface area contributed by atoms with Gasteiger partial charge in [-0.2, -0.15) is 5.10 Å². The predicted molar refractivity (Wildman–Crippen MR) is 60.3 cm³/mol. The monoisotopic (exact) mass is 291 g/mol. The SMILES string of the molecule is NCc1cc(I)nn1C1CCCC1. The molecular formula is C9H14IN3. The summed E-state index contributed by atoms with van der Waals surface area (Å²) < 4.78 is 3.19. The van der Waals surface area contributed by atoms with E-state index in [1.54, 1.807) is 0 Å². The van der Waals surface area contributed by atoms with Gasteiger partial charge in [-0.3, -0.25) is 4.68 Å². The number of halogens is 1. The molecule has 1 heterocycles. The maximum absolute atomic E-state index is 5.67. The molecular weight excluding hydrogens is 277 g/mol. The largest absolute Gasteiger partial charge is 0.325 e. The van der Waals surface area contributed by atoms with Crippen molar-refractivity contribution >= 4 is 22.6 Å². The Kier molecular flexibility index (Phi) is 2.88. The van der Waals surface area contributed by atoms with Crippen LogP contribution in [0.5, 0.6) is 0 Å². The Morgan fingerprint density at radius 1 is 1.54 bits per heavy atom. The highest BCUT2D eigenvalue weighted by Gasteiger charge is 2.19. The number of hydrogen-bond donors (Lipinski definition) is 1. The smallest absolute Gasteiger partial charge is 0.123 e. The minimum absolute atomic E-state index is 0.604. The minimum atomic E-state index is 0.604. The highest BCUT2D eigenvalue weighted by atomic mass is 127. The van der Waals surface area contributed by atoms with Crippen molar-refractivity contribution in [1.29, 1.82) is 0 Å². The normalized spacial score (nSPS) is 18.3. The third kappa shape index (κ3) is 1.88. The van der Waals surface area contributed by atoms with Crippen molar-refractivity contribution in [2.75, 3.05) is 0 Å². The second-order valence-corrected chi connectivity index (χ2v) is 4.65. The summed E-state index contributed by atoms with van der Waals surface area (Å²) in [5.74, 6) is 0. The molecule has 2 rings (SSSR count). The molecule has 72 valence electrons. The average molecular weight is 291 g/mol. The fraction of sp³-hybridized carbons (Fsp3) is 0.667. The summed E-state index contributed by atoms with van der Waals surface area (Å²) in [5, 5.41) is 4.49. The Labute approximate surface area is 91.8 Å².